The molecule has 0 bridgehead atoms. The van der Waals surface area contributed by atoms with Crippen molar-refractivity contribution in [2.75, 3.05) is 6.61 Å². The van der Waals surface area contributed by atoms with Gasteiger partial charge in [0.15, 0.2) is 0 Å². The Hall–Kier alpha value is -3.09. The van der Waals surface area contributed by atoms with Gasteiger partial charge < -0.3 is 4.74 Å². The molecule has 0 saturated heterocycles. The number of rotatable bonds is 9. The SMILES string of the molecule is O=C(CCCn1nnc(-c2ccccc2)n1)OCCCc1cccnc1. The van der Waals surface area contributed by atoms with Gasteiger partial charge >= 0.3 is 5.97 Å². The Morgan fingerprint density at radius 2 is 1.96 bits per heavy atom. The topological polar surface area (TPSA) is 82.8 Å². The number of aromatic nitrogens is 5. The molecule has 0 atom stereocenters. The van der Waals surface area contributed by atoms with Crippen LogP contribution in [0.15, 0.2) is 54.9 Å². The molecule has 0 saturated carbocycles. The maximum Gasteiger partial charge on any atom is 0.305 e. The molecule has 0 fully saturated rings. The number of carbonyl (C=O) groups is 1. The van der Waals surface area contributed by atoms with Crippen LogP contribution in [0.4, 0.5) is 0 Å². The van der Waals surface area contributed by atoms with Gasteiger partial charge in [-0.05, 0) is 36.1 Å². The van der Waals surface area contributed by atoms with E-state index in [0.29, 0.717) is 31.8 Å². The van der Waals surface area contributed by atoms with Crippen LogP contribution in [-0.2, 0) is 22.5 Å². The third-order valence-electron chi connectivity index (χ3n) is 3.82. The smallest absolute Gasteiger partial charge is 0.305 e. The number of pyridine rings is 1. The van der Waals surface area contributed by atoms with Crippen molar-refractivity contribution in [3.63, 3.8) is 0 Å². The van der Waals surface area contributed by atoms with Gasteiger partial charge in [0.1, 0.15) is 0 Å². The molecule has 26 heavy (non-hydrogen) atoms. The number of nitrogens with zero attached hydrogens (tertiary/aromatic N) is 5. The molecule has 0 aliphatic heterocycles. The molecule has 0 amide bonds. The minimum Gasteiger partial charge on any atom is -0.466 e. The van der Waals surface area contributed by atoms with Gasteiger partial charge in [-0.1, -0.05) is 36.4 Å². The summed E-state index contributed by atoms with van der Waals surface area (Å²) in [4.78, 5) is 17.3. The van der Waals surface area contributed by atoms with Crippen LogP contribution in [0, 0.1) is 0 Å². The van der Waals surface area contributed by atoms with Gasteiger partial charge in [0.2, 0.25) is 5.82 Å². The lowest BCUT2D eigenvalue weighted by atomic mass is 10.2. The second-order valence-corrected chi connectivity index (χ2v) is 5.86. The summed E-state index contributed by atoms with van der Waals surface area (Å²) in [7, 11) is 0. The minimum absolute atomic E-state index is 0.195. The summed E-state index contributed by atoms with van der Waals surface area (Å²) in [6.45, 7) is 0.956. The van der Waals surface area contributed by atoms with Crippen molar-refractivity contribution in [2.45, 2.75) is 32.2 Å². The van der Waals surface area contributed by atoms with E-state index in [0.717, 1.165) is 24.0 Å². The van der Waals surface area contributed by atoms with E-state index in [4.69, 9.17) is 4.74 Å². The molecular formula is C19H21N5O2. The average molecular weight is 351 g/mol. The van der Waals surface area contributed by atoms with Gasteiger partial charge in [-0.3, -0.25) is 9.78 Å². The molecule has 0 unspecified atom stereocenters. The van der Waals surface area contributed by atoms with Crippen LogP contribution in [-0.4, -0.2) is 37.8 Å². The maximum absolute atomic E-state index is 11.8. The lowest BCUT2D eigenvalue weighted by Crippen LogP contribution is -2.09. The van der Waals surface area contributed by atoms with E-state index in [2.05, 4.69) is 20.4 Å². The van der Waals surface area contributed by atoms with Gasteiger partial charge in [-0.15, -0.1) is 10.2 Å². The van der Waals surface area contributed by atoms with Crippen LogP contribution in [0.5, 0.6) is 0 Å². The van der Waals surface area contributed by atoms with Gasteiger partial charge in [-0.2, -0.15) is 4.80 Å². The molecule has 134 valence electrons. The number of tetrazole rings is 1. The van der Waals surface area contributed by atoms with Gasteiger partial charge in [0, 0.05) is 24.4 Å². The van der Waals surface area contributed by atoms with Crippen molar-refractivity contribution in [1.29, 1.82) is 0 Å². The van der Waals surface area contributed by atoms with E-state index in [-0.39, 0.29) is 5.97 Å². The third-order valence-corrected chi connectivity index (χ3v) is 3.82. The maximum atomic E-state index is 11.8. The van der Waals surface area contributed by atoms with Crippen molar-refractivity contribution in [1.82, 2.24) is 25.2 Å². The monoisotopic (exact) mass is 351 g/mol. The Morgan fingerprint density at radius 1 is 1.08 bits per heavy atom. The number of ether oxygens (including phenoxy) is 1. The third kappa shape index (κ3) is 5.47. The largest absolute Gasteiger partial charge is 0.466 e. The van der Waals surface area contributed by atoms with Crippen LogP contribution in [0.25, 0.3) is 11.4 Å². The molecule has 2 aromatic heterocycles. The Kier molecular flexibility index (Phi) is 6.41. The fourth-order valence-corrected chi connectivity index (χ4v) is 2.49. The predicted molar refractivity (Wildman–Crippen MR) is 96.0 cm³/mol. The fraction of sp³-hybridized carbons (Fsp3) is 0.316. The van der Waals surface area contributed by atoms with Crippen LogP contribution in [0.2, 0.25) is 0 Å². The molecule has 0 N–H and O–H groups in total. The van der Waals surface area contributed by atoms with E-state index in [1.807, 2.05) is 48.7 Å². The van der Waals surface area contributed by atoms with Crippen LogP contribution in [0.1, 0.15) is 24.8 Å². The second kappa shape index (κ2) is 9.41. The molecule has 7 nitrogen and oxygen atoms in total. The molecular weight excluding hydrogens is 330 g/mol. The Morgan fingerprint density at radius 3 is 2.77 bits per heavy atom. The highest BCUT2D eigenvalue weighted by molar-refractivity contribution is 5.69. The molecule has 0 aliphatic carbocycles. The van der Waals surface area contributed by atoms with E-state index in [9.17, 15) is 4.79 Å². The molecule has 0 spiro atoms. The first kappa shape index (κ1) is 17.7. The first-order valence-corrected chi connectivity index (χ1v) is 8.69. The number of benzene rings is 1. The summed E-state index contributed by atoms with van der Waals surface area (Å²) in [6.07, 6.45) is 6.18. The Balaban J connectivity index is 1.32. The summed E-state index contributed by atoms with van der Waals surface area (Å²) in [5.41, 5.74) is 2.07. The molecule has 3 aromatic rings. The predicted octanol–water partition coefficient (Wildman–Crippen LogP) is 2.69. The number of esters is 1. The summed E-state index contributed by atoms with van der Waals surface area (Å²) in [5, 5.41) is 12.4. The first-order valence-electron chi connectivity index (χ1n) is 8.69. The minimum atomic E-state index is -0.195. The first-order chi connectivity index (χ1) is 12.8. The molecule has 0 aliphatic rings. The Labute approximate surface area is 152 Å². The number of hydrogen-bond acceptors (Lipinski definition) is 6. The van der Waals surface area contributed by atoms with Crippen LogP contribution < -0.4 is 0 Å². The lowest BCUT2D eigenvalue weighted by molar-refractivity contribution is -0.143. The number of hydrogen-bond donors (Lipinski definition) is 0. The highest BCUT2D eigenvalue weighted by atomic mass is 16.5. The van der Waals surface area contributed by atoms with Crippen molar-refractivity contribution in [3.05, 3.63) is 60.4 Å². The highest BCUT2D eigenvalue weighted by Crippen LogP contribution is 2.12. The van der Waals surface area contributed by atoms with Gasteiger partial charge in [0.05, 0.1) is 13.2 Å². The molecule has 3 rings (SSSR count). The second-order valence-electron chi connectivity index (χ2n) is 5.86. The molecule has 1 aromatic carbocycles. The van der Waals surface area contributed by atoms with Crippen LogP contribution in [0.3, 0.4) is 0 Å². The quantitative estimate of drug-likeness (QED) is 0.435. The van der Waals surface area contributed by atoms with E-state index >= 15 is 0 Å². The van der Waals surface area contributed by atoms with Crippen molar-refractivity contribution in [3.8, 4) is 11.4 Å². The molecule has 0 radical (unpaired) electrons. The zero-order valence-electron chi connectivity index (χ0n) is 14.5. The zero-order valence-corrected chi connectivity index (χ0v) is 14.5. The standard InChI is InChI=1S/C19H21N5O2/c25-18(26-14-6-8-16-7-4-12-20-15-16)11-5-13-24-22-19(21-23-24)17-9-2-1-3-10-17/h1-4,7,9-10,12,15H,5-6,8,11,13-14H2. The summed E-state index contributed by atoms with van der Waals surface area (Å²) in [6, 6.07) is 13.6. The summed E-state index contributed by atoms with van der Waals surface area (Å²) in [5.74, 6) is 0.392. The van der Waals surface area contributed by atoms with Gasteiger partial charge in [0.25, 0.3) is 0 Å². The number of aryl methyl sites for hydroxylation is 2. The van der Waals surface area contributed by atoms with Crippen molar-refractivity contribution >= 4 is 5.97 Å². The van der Waals surface area contributed by atoms with Crippen molar-refractivity contribution < 1.29 is 9.53 Å². The van der Waals surface area contributed by atoms with E-state index < -0.39 is 0 Å². The molecule has 7 heteroatoms. The Bertz CT molecular complexity index is 805. The average Bonchev–Trinajstić information content (AvgIpc) is 3.16. The van der Waals surface area contributed by atoms with Gasteiger partial charge in [-0.25, -0.2) is 0 Å². The zero-order chi connectivity index (χ0) is 18.0. The lowest BCUT2D eigenvalue weighted by Gasteiger charge is -2.04. The van der Waals surface area contributed by atoms with Crippen molar-refractivity contribution in [2.24, 2.45) is 0 Å². The summed E-state index contributed by atoms with van der Waals surface area (Å²) < 4.78 is 5.25. The van der Waals surface area contributed by atoms with E-state index in [1.54, 1.807) is 6.20 Å². The highest BCUT2D eigenvalue weighted by Gasteiger charge is 2.07. The number of carbonyl (C=O) groups excluding carboxylic acids is 1. The van der Waals surface area contributed by atoms with E-state index in [1.165, 1.54) is 4.80 Å². The fourth-order valence-electron chi connectivity index (χ4n) is 2.49. The van der Waals surface area contributed by atoms with Crippen LogP contribution >= 0.6 is 0 Å². The summed E-state index contributed by atoms with van der Waals surface area (Å²) >= 11 is 0. The normalized spacial score (nSPS) is 10.6. The molecule has 2 heterocycles.